The van der Waals surface area contributed by atoms with E-state index < -0.39 is 47.9 Å². The van der Waals surface area contributed by atoms with Crippen molar-refractivity contribution in [3.05, 3.63) is 18.2 Å². The van der Waals surface area contributed by atoms with Crippen LogP contribution in [0.5, 0.6) is 0 Å². The molecule has 156 valence electrons. The molecule has 12 nitrogen and oxygen atoms in total. The number of aliphatic hydroxyl groups is 1. The van der Waals surface area contributed by atoms with Gasteiger partial charge < -0.3 is 36.9 Å². The highest BCUT2D eigenvalue weighted by Gasteiger charge is 2.32. The Labute approximate surface area is 166 Å². The average Bonchev–Trinajstić information content (AvgIpc) is 3.15. The minimum Gasteiger partial charge on any atom is -0.480 e. The number of carboxylic acids is 1. The summed E-state index contributed by atoms with van der Waals surface area (Å²) in [5, 5.41) is 26.0. The molecule has 0 aliphatic rings. The number of aromatic amines is 1. The smallest absolute Gasteiger partial charge is 0.326 e. The number of nitrogens with one attached hydrogen (secondary N) is 4. The number of H-pyrrole nitrogens is 1. The fourth-order valence-electron chi connectivity index (χ4n) is 2.18. The van der Waals surface area contributed by atoms with Gasteiger partial charge in [0.2, 0.25) is 17.7 Å². The Hall–Kier alpha value is -2.64. The van der Waals surface area contributed by atoms with Crippen molar-refractivity contribution in [3.8, 4) is 0 Å². The molecule has 28 heavy (non-hydrogen) atoms. The van der Waals surface area contributed by atoms with Crippen LogP contribution in [0.25, 0.3) is 0 Å². The lowest BCUT2D eigenvalue weighted by atomic mass is 10.1. The van der Waals surface area contributed by atoms with Gasteiger partial charge in [0.1, 0.15) is 18.1 Å². The number of aliphatic hydroxyl groups excluding tert-OH is 1. The number of hydrogen-bond donors (Lipinski definition) is 8. The molecule has 0 radical (unpaired) electrons. The van der Waals surface area contributed by atoms with Gasteiger partial charge in [0.05, 0.1) is 19.0 Å². The summed E-state index contributed by atoms with van der Waals surface area (Å²) >= 11 is 3.96. The number of carboxylic acid groups (broad SMARTS) is 1. The maximum absolute atomic E-state index is 12.5. The molecule has 0 spiro atoms. The first kappa shape index (κ1) is 23.4. The second kappa shape index (κ2) is 11.3. The quantitative estimate of drug-likeness (QED) is 0.172. The monoisotopic (exact) mass is 416 g/mol. The summed E-state index contributed by atoms with van der Waals surface area (Å²) < 4.78 is 0. The molecule has 0 aliphatic heterocycles. The third-order valence-electron chi connectivity index (χ3n) is 3.68. The topological polar surface area (TPSA) is 200 Å². The van der Waals surface area contributed by atoms with Gasteiger partial charge in [-0.15, -0.1) is 0 Å². The first-order valence-electron chi connectivity index (χ1n) is 8.28. The fraction of sp³-hybridized carbons (Fsp3) is 0.533. The minimum absolute atomic E-state index is 0.0760. The second-order valence-electron chi connectivity index (χ2n) is 5.91. The van der Waals surface area contributed by atoms with E-state index in [2.05, 4.69) is 38.5 Å². The zero-order chi connectivity index (χ0) is 21.3. The minimum atomic E-state index is -1.45. The number of carbonyl (C=O) groups excluding carboxylic acids is 3. The lowest BCUT2D eigenvalue weighted by Crippen LogP contribution is -2.59. The van der Waals surface area contributed by atoms with Gasteiger partial charge in [-0.05, 0) is 6.92 Å². The lowest BCUT2D eigenvalue weighted by molar-refractivity contribution is -0.143. The highest BCUT2D eigenvalue weighted by Crippen LogP contribution is 2.02. The Kier molecular flexibility index (Phi) is 9.41. The van der Waals surface area contributed by atoms with E-state index >= 15 is 0 Å². The van der Waals surface area contributed by atoms with E-state index in [4.69, 9.17) is 5.73 Å². The SMILES string of the molecule is CC(O)C(NC(=O)C(CS)NC(=O)CN)C(=O)NC(Cc1cnc[nH]1)C(=O)O. The van der Waals surface area contributed by atoms with Gasteiger partial charge in [0.25, 0.3) is 0 Å². The maximum atomic E-state index is 12.5. The number of hydrogen-bond acceptors (Lipinski definition) is 8. The predicted octanol–water partition coefficient (Wildman–Crippen LogP) is -3.24. The number of nitrogens with zero attached hydrogens (tertiary/aromatic N) is 1. The molecular formula is C15H24N6O6S. The van der Waals surface area contributed by atoms with E-state index in [1.165, 1.54) is 19.4 Å². The molecule has 0 saturated carbocycles. The Morgan fingerprint density at radius 2 is 1.89 bits per heavy atom. The van der Waals surface area contributed by atoms with Gasteiger partial charge in [-0.3, -0.25) is 14.4 Å². The molecule has 0 aliphatic carbocycles. The van der Waals surface area contributed by atoms with Crippen LogP contribution >= 0.6 is 12.6 Å². The maximum Gasteiger partial charge on any atom is 0.326 e. The van der Waals surface area contributed by atoms with Gasteiger partial charge in [0, 0.05) is 24.1 Å². The molecule has 1 rings (SSSR count). The predicted molar refractivity (Wildman–Crippen MR) is 100 cm³/mol. The first-order valence-corrected chi connectivity index (χ1v) is 8.92. The normalized spacial score (nSPS) is 15.0. The molecule has 13 heteroatoms. The number of aromatic nitrogens is 2. The van der Waals surface area contributed by atoms with Crippen LogP contribution in [0.15, 0.2) is 12.5 Å². The Morgan fingerprint density at radius 1 is 1.21 bits per heavy atom. The molecule has 3 amide bonds. The second-order valence-corrected chi connectivity index (χ2v) is 6.28. The Balaban J connectivity index is 2.82. The van der Waals surface area contributed by atoms with E-state index in [1.807, 2.05) is 0 Å². The van der Waals surface area contributed by atoms with Crippen molar-refractivity contribution in [3.63, 3.8) is 0 Å². The molecule has 4 unspecified atom stereocenters. The van der Waals surface area contributed by atoms with E-state index in [-0.39, 0.29) is 18.7 Å². The summed E-state index contributed by atoms with van der Waals surface area (Å²) in [6.07, 6.45) is 1.36. The standard InChI is InChI=1S/C15H24N6O6S/c1-7(22)12(21-13(24)10(5-28)19-11(23)3-16)14(25)20-9(15(26)27)2-8-4-17-6-18-8/h4,6-7,9-10,12,22,28H,2-3,5,16H2,1H3,(H,17,18)(H,19,23)(H,20,25)(H,21,24)(H,26,27). The molecular weight excluding hydrogens is 392 g/mol. The molecule has 0 bridgehead atoms. The highest BCUT2D eigenvalue weighted by molar-refractivity contribution is 7.80. The third-order valence-corrected chi connectivity index (χ3v) is 4.04. The summed E-state index contributed by atoms with van der Waals surface area (Å²) in [4.78, 5) is 54.0. The van der Waals surface area contributed by atoms with Crippen LogP contribution in [0, 0.1) is 0 Å². The number of carbonyl (C=O) groups is 4. The van der Waals surface area contributed by atoms with E-state index in [1.54, 1.807) is 0 Å². The summed E-state index contributed by atoms with van der Waals surface area (Å²) in [5.41, 5.74) is 5.65. The van der Waals surface area contributed by atoms with Crippen LogP contribution in [0.4, 0.5) is 0 Å². The van der Waals surface area contributed by atoms with Crippen LogP contribution in [-0.2, 0) is 25.6 Å². The van der Waals surface area contributed by atoms with Gasteiger partial charge in [-0.25, -0.2) is 9.78 Å². The van der Waals surface area contributed by atoms with Crippen LogP contribution in [0.2, 0.25) is 0 Å². The van der Waals surface area contributed by atoms with Crippen molar-refractivity contribution in [2.24, 2.45) is 5.73 Å². The van der Waals surface area contributed by atoms with Crippen molar-refractivity contribution < 1.29 is 29.4 Å². The Bertz CT molecular complexity index is 683. The van der Waals surface area contributed by atoms with Crippen LogP contribution in [0.3, 0.4) is 0 Å². The first-order chi connectivity index (χ1) is 13.2. The van der Waals surface area contributed by atoms with Crippen molar-refractivity contribution in [2.45, 2.75) is 37.6 Å². The lowest BCUT2D eigenvalue weighted by Gasteiger charge is -2.25. The van der Waals surface area contributed by atoms with Crippen molar-refractivity contribution >= 4 is 36.3 Å². The Morgan fingerprint density at radius 3 is 2.36 bits per heavy atom. The van der Waals surface area contributed by atoms with Gasteiger partial charge in [-0.2, -0.15) is 12.6 Å². The van der Waals surface area contributed by atoms with Crippen molar-refractivity contribution in [2.75, 3.05) is 12.3 Å². The number of nitrogens with two attached hydrogens (primary N) is 1. The van der Waals surface area contributed by atoms with Crippen LogP contribution < -0.4 is 21.7 Å². The third kappa shape index (κ3) is 7.17. The molecule has 1 aromatic heterocycles. The summed E-state index contributed by atoms with van der Waals surface area (Å²) in [6.45, 7) is 0.912. The van der Waals surface area contributed by atoms with Crippen LogP contribution in [-0.4, -0.2) is 80.4 Å². The van der Waals surface area contributed by atoms with Crippen molar-refractivity contribution in [1.82, 2.24) is 25.9 Å². The van der Waals surface area contributed by atoms with Crippen molar-refractivity contribution in [1.29, 1.82) is 0 Å². The number of aliphatic carboxylic acids is 1. The fourth-order valence-corrected chi connectivity index (χ4v) is 2.44. The number of rotatable bonds is 11. The zero-order valence-corrected chi connectivity index (χ0v) is 16.0. The highest BCUT2D eigenvalue weighted by atomic mass is 32.1. The van der Waals surface area contributed by atoms with Gasteiger partial charge in [0.15, 0.2) is 0 Å². The van der Waals surface area contributed by atoms with E-state index in [0.717, 1.165) is 0 Å². The average molecular weight is 416 g/mol. The molecule has 1 heterocycles. The van der Waals surface area contributed by atoms with Gasteiger partial charge >= 0.3 is 5.97 Å². The summed E-state index contributed by atoms with van der Waals surface area (Å²) in [6, 6.07) is -3.86. The van der Waals surface area contributed by atoms with E-state index in [9.17, 15) is 29.4 Å². The van der Waals surface area contributed by atoms with Gasteiger partial charge in [-0.1, -0.05) is 0 Å². The molecule has 0 fully saturated rings. The van der Waals surface area contributed by atoms with Crippen LogP contribution in [0.1, 0.15) is 12.6 Å². The summed E-state index contributed by atoms with van der Waals surface area (Å²) in [7, 11) is 0. The number of imidazole rings is 1. The molecule has 0 aromatic carbocycles. The van der Waals surface area contributed by atoms with E-state index in [0.29, 0.717) is 5.69 Å². The number of amides is 3. The zero-order valence-electron chi connectivity index (χ0n) is 15.1. The molecule has 0 saturated heterocycles. The number of thiol groups is 1. The summed E-state index contributed by atoms with van der Waals surface area (Å²) in [5.74, 6) is -3.67. The molecule has 8 N–H and O–H groups in total. The molecule has 4 atom stereocenters. The largest absolute Gasteiger partial charge is 0.480 e. The molecule has 1 aromatic rings.